The standard InChI is InChI=1S/C42H70O34S/c43-1-8-29-16(50)23(57)37(64-8)72-31-10(3-45)66-39(25(59)18(31)52)74-33-12(5-47)68-41(27(61)20(33)54)76-35-14(7-77)69-42(28(62)21(35)55)75-34-13(6-48)67-40(26(60)19(34)53)73-32-11(4-46)65-38(24(58)17(32)51)71-30-9(2-44)63-36(70-29)22(56)15(30)49/h8-62,77H,1-7H2/t8-,9-,10-,11-,12-,13-,14-,15-,16-,17-,18-,19-,20-,21-,22-,23-,24-,25-,26-,27?,28-,29-,30-,31-,32-,33-,34-,35-,36-,37-,38-,39-,40-,41-,42-/m1/s1. The van der Waals surface area contributed by atoms with Crippen LogP contribution in [0.25, 0.3) is 0 Å². The molecule has 0 aliphatic carbocycles. The van der Waals surface area contributed by atoms with E-state index in [1.54, 1.807) is 0 Å². The summed E-state index contributed by atoms with van der Waals surface area (Å²) in [6.07, 6.45) is -68.7. The summed E-state index contributed by atoms with van der Waals surface area (Å²) < 4.78 is 80.0. The number of aliphatic hydroxyl groups is 20. The molecule has 77 heavy (non-hydrogen) atoms. The molecule has 0 aromatic heterocycles. The van der Waals surface area contributed by atoms with Crippen LogP contribution in [0.1, 0.15) is 0 Å². The van der Waals surface area contributed by atoms with Gasteiger partial charge in [0.1, 0.15) is 165 Å². The zero-order chi connectivity index (χ0) is 56.1. The lowest BCUT2D eigenvalue weighted by Crippen LogP contribution is -2.68. The van der Waals surface area contributed by atoms with Crippen LogP contribution in [0.3, 0.4) is 0 Å². The Morgan fingerprint density at radius 2 is 0.325 bits per heavy atom. The highest BCUT2D eigenvalue weighted by Crippen LogP contribution is 2.39. The van der Waals surface area contributed by atoms with Crippen LogP contribution in [0.5, 0.6) is 0 Å². The highest BCUT2D eigenvalue weighted by molar-refractivity contribution is 7.80. The molecular formula is C42H70O34S. The fourth-order valence-electron chi connectivity index (χ4n) is 10.4. The second-order valence-electron chi connectivity index (χ2n) is 19.7. The maximum absolute atomic E-state index is 11.4. The van der Waals surface area contributed by atoms with Crippen LogP contribution in [-0.2, 0) is 66.3 Å². The zero-order valence-corrected chi connectivity index (χ0v) is 41.2. The average Bonchev–Trinajstić information content (AvgIpc) is 3.45. The smallest absolute Gasteiger partial charge is 0.187 e. The maximum Gasteiger partial charge on any atom is 0.187 e. The second-order valence-corrected chi connectivity index (χ2v) is 20.0. The van der Waals surface area contributed by atoms with Crippen LogP contribution >= 0.6 is 12.6 Å². The molecule has 0 spiro atoms. The van der Waals surface area contributed by atoms with Crippen molar-refractivity contribution in [3.8, 4) is 0 Å². The van der Waals surface area contributed by atoms with Crippen molar-refractivity contribution in [2.75, 3.05) is 45.4 Å². The van der Waals surface area contributed by atoms with E-state index in [-0.39, 0.29) is 5.75 Å². The van der Waals surface area contributed by atoms with Crippen molar-refractivity contribution in [1.82, 2.24) is 0 Å². The van der Waals surface area contributed by atoms with Crippen LogP contribution in [0.15, 0.2) is 0 Å². The predicted molar refractivity (Wildman–Crippen MR) is 235 cm³/mol. The maximum atomic E-state index is 11.4. The molecule has 0 aromatic carbocycles. The van der Waals surface area contributed by atoms with Gasteiger partial charge in [0.05, 0.1) is 45.7 Å². The first-order chi connectivity index (χ1) is 36.7. The van der Waals surface area contributed by atoms with Crippen molar-refractivity contribution in [2.45, 2.75) is 215 Å². The fourth-order valence-corrected chi connectivity index (χ4v) is 10.7. The predicted octanol–water partition coefficient (Wildman–Crippen LogP) is -14.3. The van der Waals surface area contributed by atoms with E-state index in [2.05, 4.69) is 12.6 Å². The molecule has 448 valence electrons. The van der Waals surface area contributed by atoms with Gasteiger partial charge >= 0.3 is 0 Å². The first kappa shape index (κ1) is 62.0. The summed E-state index contributed by atoms with van der Waals surface area (Å²) >= 11 is 4.23. The molecule has 0 amide bonds. The molecule has 0 aromatic rings. The molecule has 21 aliphatic heterocycles. The lowest BCUT2D eigenvalue weighted by Gasteiger charge is -2.50. The molecule has 0 radical (unpaired) electrons. The molecule has 21 aliphatic rings. The van der Waals surface area contributed by atoms with Crippen LogP contribution in [0.2, 0.25) is 0 Å². The molecule has 0 saturated carbocycles. The minimum absolute atomic E-state index is 0.352. The van der Waals surface area contributed by atoms with Crippen LogP contribution in [0.4, 0.5) is 0 Å². The highest BCUT2D eigenvalue weighted by atomic mass is 32.1. The van der Waals surface area contributed by atoms with Gasteiger partial charge in [-0.25, -0.2) is 0 Å². The largest absolute Gasteiger partial charge is 0.394 e. The van der Waals surface area contributed by atoms with Gasteiger partial charge in [-0.1, -0.05) is 0 Å². The molecule has 35 heteroatoms. The van der Waals surface area contributed by atoms with E-state index in [0.717, 1.165) is 0 Å². The number of thiol groups is 1. The average molecular weight is 1150 g/mol. The van der Waals surface area contributed by atoms with Crippen LogP contribution in [0, 0.1) is 0 Å². The Bertz CT molecular complexity index is 1470. The van der Waals surface area contributed by atoms with E-state index in [1.807, 2.05) is 0 Å². The van der Waals surface area contributed by atoms with E-state index >= 15 is 0 Å². The summed E-state index contributed by atoms with van der Waals surface area (Å²) in [6, 6.07) is 0. The zero-order valence-electron chi connectivity index (χ0n) is 40.3. The van der Waals surface area contributed by atoms with E-state index in [9.17, 15) is 102 Å². The van der Waals surface area contributed by atoms with Gasteiger partial charge in [-0.2, -0.15) is 12.6 Å². The third-order valence-corrected chi connectivity index (χ3v) is 15.1. The molecule has 14 bridgehead atoms. The molecule has 20 N–H and O–H groups in total. The first-order valence-corrected chi connectivity index (χ1v) is 25.3. The summed E-state index contributed by atoms with van der Waals surface area (Å²) in [7, 11) is 0. The molecule has 21 fully saturated rings. The first-order valence-electron chi connectivity index (χ1n) is 24.6. The number of hydrogen-bond acceptors (Lipinski definition) is 35. The normalized spacial score (nSPS) is 55.4. The van der Waals surface area contributed by atoms with Crippen molar-refractivity contribution >= 4 is 12.6 Å². The highest BCUT2D eigenvalue weighted by Gasteiger charge is 2.59. The Balaban J connectivity index is 1.08. The Morgan fingerprint density at radius 3 is 0.455 bits per heavy atom. The lowest BCUT2D eigenvalue weighted by molar-refractivity contribution is -0.396. The molecular weight excluding hydrogens is 1080 g/mol. The molecule has 21 heterocycles. The van der Waals surface area contributed by atoms with Crippen LogP contribution < -0.4 is 0 Å². The van der Waals surface area contributed by atoms with E-state index < -0.39 is 255 Å². The lowest BCUT2D eigenvalue weighted by atomic mass is 9.95. The van der Waals surface area contributed by atoms with Crippen molar-refractivity contribution in [3.05, 3.63) is 0 Å². The van der Waals surface area contributed by atoms with Gasteiger partial charge in [0, 0.05) is 5.75 Å². The number of aliphatic hydroxyl groups excluding tert-OH is 20. The Morgan fingerprint density at radius 1 is 0.195 bits per heavy atom. The molecule has 1 unspecified atom stereocenters. The number of hydrogen-bond donors (Lipinski definition) is 21. The van der Waals surface area contributed by atoms with Gasteiger partial charge in [0.25, 0.3) is 0 Å². The summed E-state index contributed by atoms with van der Waals surface area (Å²) in [5.74, 6) is -0.352. The Labute approximate surface area is 440 Å². The van der Waals surface area contributed by atoms with Gasteiger partial charge in [0.15, 0.2) is 44.0 Å². The second kappa shape index (κ2) is 26.3. The van der Waals surface area contributed by atoms with Crippen LogP contribution in [-0.4, -0.2) is 362 Å². The van der Waals surface area contributed by atoms with Gasteiger partial charge in [-0.3, -0.25) is 0 Å². The summed E-state index contributed by atoms with van der Waals surface area (Å²) in [5, 5.41) is 220. The van der Waals surface area contributed by atoms with Gasteiger partial charge in [-0.15, -0.1) is 0 Å². The SMILES string of the molecule is OC[C@H]1O[C@@H]2O[C@H]3[C@H](O)[C@@H](O)[C@@H](O[C@H]4[C@H](O)[C@@H](O)[C@@H](O[C@H]5[C@H](O)[C@@H](O)[C@@H](O[C@H]6[C@H](O)[C@@H](O)[C@@H](O[C@H]7[C@H](O)C(O)[C@@H](O[C@H]8[C@H](O)[C@@H](O)[C@@H](O[C@H]1[C@H](O)[C@H]2O)O[C@@H]8CS)O[C@@H]7CO)O[C@@H]6CO)O[C@@H]5CO)O[C@@H]4CO)O[C@@H]3CO. The summed E-state index contributed by atoms with van der Waals surface area (Å²) in [5.41, 5.74) is 0. The minimum Gasteiger partial charge on any atom is -0.394 e. The molecule has 35 atom stereocenters. The molecule has 34 nitrogen and oxygen atoms in total. The molecule has 21 saturated heterocycles. The van der Waals surface area contributed by atoms with Crippen molar-refractivity contribution in [2.24, 2.45) is 0 Å². The van der Waals surface area contributed by atoms with E-state index in [0.29, 0.717) is 0 Å². The summed E-state index contributed by atoms with van der Waals surface area (Å²) in [6.45, 7) is -6.17. The van der Waals surface area contributed by atoms with Gasteiger partial charge < -0.3 is 168 Å². The number of ether oxygens (including phenoxy) is 14. The Kier molecular flexibility index (Phi) is 21.2. The molecule has 21 rings (SSSR count). The fraction of sp³-hybridized carbons (Fsp3) is 1.00. The van der Waals surface area contributed by atoms with Crippen molar-refractivity contribution in [1.29, 1.82) is 0 Å². The monoisotopic (exact) mass is 1150 g/mol. The minimum atomic E-state index is -2.20. The summed E-state index contributed by atoms with van der Waals surface area (Å²) in [4.78, 5) is 0. The quantitative estimate of drug-likeness (QED) is 0.105. The van der Waals surface area contributed by atoms with Gasteiger partial charge in [-0.05, 0) is 0 Å². The van der Waals surface area contributed by atoms with E-state index in [4.69, 9.17) is 66.3 Å². The third-order valence-electron chi connectivity index (χ3n) is 14.8. The van der Waals surface area contributed by atoms with Crippen molar-refractivity contribution in [3.63, 3.8) is 0 Å². The third kappa shape index (κ3) is 12.2. The van der Waals surface area contributed by atoms with Gasteiger partial charge in [0.2, 0.25) is 0 Å². The van der Waals surface area contributed by atoms with E-state index in [1.165, 1.54) is 0 Å². The van der Waals surface area contributed by atoms with Crippen molar-refractivity contribution < 1.29 is 168 Å². The Hall–Kier alpha value is -1.01. The topological polar surface area (TPSA) is 534 Å². The number of rotatable bonds is 7.